The Balaban J connectivity index is 1.89. The van der Waals surface area contributed by atoms with Crippen LogP contribution in [0.1, 0.15) is 18.7 Å². The van der Waals surface area contributed by atoms with Gasteiger partial charge >= 0.3 is 0 Å². The van der Waals surface area contributed by atoms with Gasteiger partial charge in [0.25, 0.3) is 0 Å². The lowest BCUT2D eigenvalue weighted by Gasteiger charge is -2.16. The number of hydrogen-bond donors (Lipinski definition) is 0. The molecule has 2 heterocycles. The zero-order valence-electron chi connectivity index (χ0n) is 11.8. The van der Waals surface area contributed by atoms with Gasteiger partial charge in [-0.25, -0.2) is 4.98 Å². The number of ether oxygens (including phenoxy) is 1. The van der Waals surface area contributed by atoms with Gasteiger partial charge in [0, 0.05) is 19.2 Å². The molecule has 1 aromatic carbocycles. The molecule has 0 bridgehead atoms. The fraction of sp³-hybridized carbons (Fsp3) is 0.533. The molecule has 0 radical (unpaired) electrons. The van der Waals surface area contributed by atoms with E-state index in [1.54, 1.807) is 7.11 Å². The quantitative estimate of drug-likeness (QED) is 0.794. The molecule has 0 atom stereocenters. The third-order valence-electron chi connectivity index (χ3n) is 3.99. The van der Waals surface area contributed by atoms with Gasteiger partial charge in [0.15, 0.2) is 0 Å². The highest BCUT2D eigenvalue weighted by Crippen LogP contribution is 2.23. The van der Waals surface area contributed by atoms with Gasteiger partial charge in [-0.05, 0) is 38.1 Å². The molecule has 2 aromatic rings. The van der Waals surface area contributed by atoms with Crippen LogP contribution in [0.2, 0.25) is 0 Å². The van der Waals surface area contributed by atoms with Crippen LogP contribution in [-0.4, -0.2) is 41.2 Å². The number of hydrogen-bond acceptors (Lipinski definition) is 3. The summed E-state index contributed by atoms with van der Waals surface area (Å²) in [5.41, 5.74) is 2.10. The van der Waals surface area contributed by atoms with Crippen molar-refractivity contribution in [2.24, 2.45) is 0 Å². The van der Waals surface area contributed by atoms with E-state index in [0.29, 0.717) is 5.88 Å². The highest BCUT2D eigenvalue weighted by Gasteiger charge is 2.14. The highest BCUT2D eigenvalue weighted by atomic mass is 35.5. The first-order valence-corrected chi connectivity index (χ1v) is 7.67. The molecule has 1 fully saturated rings. The van der Waals surface area contributed by atoms with Crippen LogP contribution in [0.5, 0.6) is 5.75 Å². The zero-order valence-corrected chi connectivity index (χ0v) is 12.6. The Labute approximate surface area is 124 Å². The van der Waals surface area contributed by atoms with Gasteiger partial charge in [0.2, 0.25) is 0 Å². The number of methoxy groups -OCH3 is 1. The van der Waals surface area contributed by atoms with Gasteiger partial charge in [-0.3, -0.25) is 0 Å². The van der Waals surface area contributed by atoms with Crippen molar-refractivity contribution in [3.8, 4) is 5.75 Å². The first-order valence-electron chi connectivity index (χ1n) is 7.13. The topological polar surface area (TPSA) is 30.3 Å². The molecule has 0 amide bonds. The fourth-order valence-electron chi connectivity index (χ4n) is 2.88. The number of nitrogens with zero attached hydrogens (tertiary/aromatic N) is 3. The van der Waals surface area contributed by atoms with Crippen molar-refractivity contribution in [2.75, 3.05) is 26.7 Å². The molecule has 1 saturated heterocycles. The monoisotopic (exact) mass is 293 g/mol. The second kappa shape index (κ2) is 6.02. The summed E-state index contributed by atoms with van der Waals surface area (Å²) in [7, 11) is 1.69. The van der Waals surface area contributed by atoms with E-state index >= 15 is 0 Å². The number of imidazole rings is 1. The molecule has 0 N–H and O–H groups in total. The van der Waals surface area contributed by atoms with Crippen LogP contribution in [-0.2, 0) is 12.4 Å². The Hall–Kier alpha value is -1.26. The van der Waals surface area contributed by atoms with E-state index in [9.17, 15) is 0 Å². The molecule has 0 spiro atoms. The summed E-state index contributed by atoms with van der Waals surface area (Å²) in [6, 6.07) is 5.98. The maximum absolute atomic E-state index is 6.04. The minimum atomic E-state index is 0.441. The van der Waals surface area contributed by atoms with Crippen molar-refractivity contribution in [1.29, 1.82) is 0 Å². The van der Waals surface area contributed by atoms with Gasteiger partial charge < -0.3 is 14.2 Å². The van der Waals surface area contributed by atoms with Crippen molar-refractivity contribution < 1.29 is 4.74 Å². The predicted octanol–water partition coefficient (Wildman–Crippen LogP) is 2.88. The van der Waals surface area contributed by atoms with E-state index in [2.05, 4.69) is 14.5 Å². The number of aromatic nitrogens is 2. The van der Waals surface area contributed by atoms with Crippen LogP contribution < -0.4 is 4.74 Å². The van der Waals surface area contributed by atoms with Gasteiger partial charge in [0.1, 0.15) is 11.6 Å². The highest BCUT2D eigenvalue weighted by molar-refractivity contribution is 6.16. The second-order valence-electron chi connectivity index (χ2n) is 5.22. The first-order chi connectivity index (χ1) is 9.81. The molecular formula is C15H20ClN3O. The molecule has 1 aromatic heterocycles. The van der Waals surface area contributed by atoms with E-state index in [1.807, 2.05) is 18.2 Å². The van der Waals surface area contributed by atoms with E-state index in [-0.39, 0.29) is 0 Å². The molecule has 0 unspecified atom stereocenters. The van der Waals surface area contributed by atoms with Crippen LogP contribution in [0.15, 0.2) is 18.2 Å². The molecule has 0 aliphatic carbocycles. The van der Waals surface area contributed by atoms with Crippen molar-refractivity contribution in [3.63, 3.8) is 0 Å². The van der Waals surface area contributed by atoms with Crippen LogP contribution >= 0.6 is 11.6 Å². The summed E-state index contributed by atoms with van der Waals surface area (Å²) in [6.07, 6.45) is 2.64. The van der Waals surface area contributed by atoms with Gasteiger partial charge in [-0.2, -0.15) is 0 Å². The lowest BCUT2D eigenvalue weighted by Crippen LogP contribution is -2.24. The molecule has 1 aliphatic rings. The van der Waals surface area contributed by atoms with Gasteiger partial charge in [-0.1, -0.05) is 0 Å². The van der Waals surface area contributed by atoms with Crippen molar-refractivity contribution in [2.45, 2.75) is 25.3 Å². The summed E-state index contributed by atoms with van der Waals surface area (Å²) in [6.45, 7) is 4.43. The minimum absolute atomic E-state index is 0.441. The number of benzene rings is 1. The normalized spacial score (nSPS) is 16.1. The number of fused-ring (bicyclic) bond motifs is 1. The smallest absolute Gasteiger partial charge is 0.124 e. The molecule has 3 rings (SSSR count). The minimum Gasteiger partial charge on any atom is -0.497 e. The maximum Gasteiger partial charge on any atom is 0.124 e. The summed E-state index contributed by atoms with van der Waals surface area (Å²) in [4.78, 5) is 7.11. The third-order valence-corrected chi connectivity index (χ3v) is 4.23. The van der Waals surface area contributed by atoms with E-state index in [4.69, 9.17) is 16.3 Å². The molecule has 5 heteroatoms. The lowest BCUT2D eigenvalue weighted by molar-refractivity contribution is 0.323. The Morgan fingerprint density at radius 1 is 1.25 bits per heavy atom. The van der Waals surface area contributed by atoms with E-state index < -0.39 is 0 Å². The largest absolute Gasteiger partial charge is 0.497 e. The Morgan fingerprint density at radius 2 is 2.05 bits per heavy atom. The number of rotatable bonds is 5. The van der Waals surface area contributed by atoms with Crippen LogP contribution in [0.25, 0.3) is 11.0 Å². The molecule has 108 valence electrons. The van der Waals surface area contributed by atoms with E-state index in [0.717, 1.165) is 35.7 Å². The van der Waals surface area contributed by atoms with Crippen molar-refractivity contribution >= 4 is 22.6 Å². The molecular weight excluding hydrogens is 274 g/mol. The van der Waals surface area contributed by atoms with Crippen LogP contribution in [0.4, 0.5) is 0 Å². The molecule has 20 heavy (non-hydrogen) atoms. The molecule has 1 aliphatic heterocycles. The van der Waals surface area contributed by atoms with Crippen LogP contribution in [0.3, 0.4) is 0 Å². The SMILES string of the molecule is COc1ccc2nc(CCl)n(CCN3CCCC3)c2c1. The van der Waals surface area contributed by atoms with Crippen molar-refractivity contribution in [3.05, 3.63) is 24.0 Å². The standard InChI is InChI=1S/C15H20ClN3O/c1-20-12-4-5-13-14(10-12)19(15(11-16)17-13)9-8-18-6-2-3-7-18/h4-5,10H,2-3,6-9,11H2,1H3. The Bertz CT molecular complexity index is 590. The number of likely N-dealkylation sites (tertiary alicyclic amines) is 1. The Kier molecular flexibility index (Phi) is 4.13. The predicted molar refractivity (Wildman–Crippen MR) is 81.5 cm³/mol. The Morgan fingerprint density at radius 3 is 2.75 bits per heavy atom. The molecule has 4 nitrogen and oxygen atoms in total. The number of alkyl halides is 1. The summed E-state index contributed by atoms with van der Waals surface area (Å²) in [5, 5.41) is 0. The average molecular weight is 294 g/mol. The fourth-order valence-corrected chi connectivity index (χ4v) is 3.08. The summed E-state index contributed by atoms with van der Waals surface area (Å²) < 4.78 is 7.54. The molecule has 0 saturated carbocycles. The van der Waals surface area contributed by atoms with Crippen LogP contribution in [0, 0.1) is 0 Å². The van der Waals surface area contributed by atoms with Gasteiger partial charge in [0.05, 0.1) is 24.0 Å². The average Bonchev–Trinajstić information content (AvgIpc) is 3.11. The van der Waals surface area contributed by atoms with Gasteiger partial charge in [-0.15, -0.1) is 11.6 Å². The number of halogens is 1. The van der Waals surface area contributed by atoms with Crippen molar-refractivity contribution in [1.82, 2.24) is 14.5 Å². The third kappa shape index (κ3) is 2.63. The van der Waals surface area contributed by atoms with E-state index in [1.165, 1.54) is 25.9 Å². The first kappa shape index (κ1) is 13.7. The second-order valence-corrected chi connectivity index (χ2v) is 5.48. The maximum atomic E-state index is 6.04. The lowest BCUT2D eigenvalue weighted by atomic mass is 10.3. The summed E-state index contributed by atoms with van der Waals surface area (Å²) >= 11 is 6.04. The zero-order chi connectivity index (χ0) is 13.9. The summed E-state index contributed by atoms with van der Waals surface area (Å²) in [5.74, 6) is 2.24.